The lowest BCUT2D eigenvalue weighted by atomic mass is 9.81. The van der Waals surface area contributed by atoms with Gasteiger partial charge in [-0.2, -0.15) is 13.2 Å². The molecule has 0 amide bonds. The van der Waals surface area contributed by atoms with Crippen molar-refractivity contribution in [3.8, 4) is 0 Å². The number of hydrogen-bond acceptors (Lipinski definition) is 3. The van der Waals surface area contributed by atoms with Gasteiger partial charge in [0.05, 0.1) is 18.1 Å². The Balaban J connectivity index is 3.08. The van der Waals surface area contributed by atoms with E-state index in [1.165, 1.54) is 19.1 Å². The van der Waals surface area contributed by atoms with Crippen molar-refractivity contribution in [1.82, 2.24) is 0 Å². The number of rotatable bonds is 5. The van der Waals surface area contributed by atoms with E-state index in [1.54, 1.807) is 13.8 Å². The van der Waals surface area contributed by atoms with Crippen LogP contribution in [0.3, 0.4) is 0 Å². The second-order valence-corrected chi connectivity index (χ2v) is 4.94. The Bertz CT molecular complexity index is 478. The SMILES string of the molecule is CCOC(=O)C(CC)C(C)(O)c1ccc(C(F)(F)F)cc1. The Morgan fingerprint density at radius 3 is 2.05 bits per heavy atom. The molecule has 0 fully saturated rings. The Kier molecular flexibility index (Phi) is 5.39. The van der Waals surface area contributed by atoms with Crippen LogP contribution in [0.5, 0.6) is 0 Å². The topological polar surface area (TPSA) is 46.5 Å². The van der Waals surface area contributed by atoms with Gasteiger partial charge in [-0.15, -0.1) is 0 Å². The third kappa shape index (κ3) is 3.97. The van der Waals surface area contributed by atoms with E-state index < -0.39 is 29.2 Å². The lowest BCUT2D eigenvalue weighted by Crippen LogP contribution is -2.38. The normalized spacial score (nSPS) is 16.1. The van der Waals surface area contributed by atoms with Crippen molar-refractivity contribution in [2.75, 3.05) is 6.61 Å². The summed E-state index contributed by atoms with van der Waals surface area (Å²) in [5, 5.41) is 10.6. The predicted molar refractivity (Wildman–Crippen MR) is 71.4 cm³/mol. The van der Waals surface area contributed by atoms with Crippen molar-refractivity contribution in [1.29, 1.82) is 0 Å². The number of esters is 1. The lowest BCUT2D eigenvalue weighted by molar-refractivity contribution is -0.158. The first-order valence-corrected chi connectivity index (χ1v) is 6.71. The zero-order valence-electron chi connectivity index (χ0n) is 12.2. The maximum absolute atomic E-state index is 12.5. The monoisotopic (exact) mass is 304 g/mol. The maximum atomic E-state index is 12.5. The molecule has 1 aromatic carbocycles. The van der Waals surface area contributed by atoms with Crippen LogP contribution < -0.4 is 0 Å². The molecule has 0 aliphatic rings. The van der Waals surface area contributed by atoms with Gasteiger partial charge in [-0.25, -0.2) is 0 Å². The van der Waals surface area contributed by atoms with Gasteiger partial charge in [0.25, 0.3) is 0 Å². The van der Waals surface area contributed by atoms with Gasteiger partial charge in [0.2, 0.25) is 0 Å². The van der Waals surface area contributed by atoms with Gasteiger partial charge < -0.3 is 9.84 Å². The summed E-state index contributed by atoms with van der Waals surface area (Å²) in [6.07, 6.45) is -4.12. The number of halogens is 3. The number of alkyl halides is 3. The average molecular weight is 304 g/mol. The van der Waals surface area contributed by atoms with E-state index in [9.17, 15) is 23.1 Å². The molecule has 0 saturated carbocycles. The zero-order valence-corrected chi connectivity index (χ0v) is 12.2. The molecule has 3 nitrogen and oxygen atoms in total. The fourth-order valence-corrected chi connectivity index (χ4v) is 2.23. The number of carbonyl (C=O) groups is 1. The standard InChI is InChI=1S/C15H19F3O3/c1-4-12(13(19)21-5-2)14(3,20)10-6-8-11(9-7-10)15(16,17)18/h6-9,12,20H,4-5H2,1-3H3. The molecule has 2 atom stereocenters. The van der Waals surface area contributed by atoms with Crippen molar-refractivity contribution < 1.29 is 27.8 Å². The number of aliphatic hydroxyl groups is 1. The Morgan fingerprint density at radius 1 is 1.19 bits per heavy atom. The number of hydrogen-bond donors (Lipinski definition) is 1. The van der Waals surface area contributed by atoms with Crippen molar-refractivity contribution in [3.05, 3.63) is 35.4 Å². The van der Waals surface area contributed by atoms with Crippen LogP contribution in [0.25, 0.3) is 0 Å². The van der Waals surface area contributed by atoms with Crippen molar-refractivity contribution in [2.45, 2.75) is 39.0 Å². The van der Waals surface area contributed by atoms with Crippen LogP contribution in [-0.4, -0.2) is 17.7 Å². The van der Waals surface area contributed by atoms with E-state index in [-0.39, 0.29) is 12.2 Å². The summed E-state index contributed by atoms with van der Waals surface area (Å²) in [4.78, 5) is 11.9. The fraction of sp³-hybridized carbons (Fsp3) is 0.533. The third-order valence-corrected chi connectivity index (χ3v) is 3.45. The second kappa shape index (κ2) is 6.47. The molecule has 0 aromatic heterocycles. The van der Waals surface area contributed by atoms with Crippen LogP contribution in [0.2, 0.25) is 0 Å². The summed E-state index contributed by atoms with van der Waals surface area (Å²) in [7, 11) is 0. The van der Waals surface area contributed by atoms with Gasteiger partial charge >= 0.3 is 12.1 Å². The molecule has 118 valence electrons. The van der Waals surface area contributed by atoms with Crippen LogP contribution in [0.1, 0.15) is 38.3 Å². The molecule has 0 spiro atoms. The number of benzene rings is 1. The molecule has 0 bridgehead atoms. The van der Waals surface area contributed by atoms with Gasteiger partial charge in [0, 0.05) is 0 Å². The highest BCUT2D eigenvalue weighted by Crippen LogP contribution is 2.35. The molecular weight excluding hydrogens is 285 g/mol. The van der Waals surface area contributed by atoms with E-state index in [2.05, 4.69) is 0 Å². The second-order valence-electron chi connectivity index (χ2n) is 4.94. The summed E-state index contributed by atoms with van der Waals surface area (Å²) in [5.41, 5.74) is -2.15. The fourth-order valence-electron chi connectivity index (χ4n) is 2.23. The van der Waals surface area contributed by atoms with E-state index in [1.807, 2.05) is 0 Å². The van der Waals surface area contributed by atoms with Crippen molar-refractivity contribution in [2.24, 2.45) is 5.92 Å². The summed E-state index contributed by atoms with van der Waals surface area (Å²) >= 11 is 0. The lowest BCUT2D eigenvalue weighted by Gasteiger charge is -2.31. The minimum absolute atomic E-state index is 0.179. The molecule has 0 aliphatic heterocycles. The van der Waals surface area contributed by atoms with Gasteiger partial charge in [0.15, 0.2) is 0 Å². The summed E-state index contributed by atoms with van der Waals surface area (Å²) in [6.45, 7) is 4.94. The van der Waals surface area contributed by atoms with Gasteiger partial charge in [0.1, 0.15) is 5.60 Å². The quantitative estimate of drug-likeness (QED) is 0.847. The number of ether oxygens (including phenoxy) is 1. The highest BCUT2D eigenvalue weighted by Gasteiger charge is 2.39. The molecule has 6 heteroatoms. The highest BCUT2D eigenvalue weighted by molar-refractivity contribution is 5.74. The first-order chi connectivity index (χ1) is 9.64. The van der Waals surface area contributed by atoms with Crippen molar-refractivity contribution >= 4 is 5.97 Å². The van der Waals surface area contributed by atoms with Gasteiger partial charge in [-0.1, -0.05) is 19.1 Å². The molecule has 0 radical (unpaired) electrons. The largest absolute Gasteiger partial charge is 0.466 e. The average Bonchev–Trinajstić information content (AvgIpc) is 2.38. The van der Waals surface area contributed by atoms with Gasteiger partial charge in [-0.3, -0.25) is 4.79 Å². The van der Waals surface area contributed by atoms with Crippen LogP contribution in [0.15, 0.2) is 24.3 Å². The minimum atomic E-state index is -4.43. The maximum Gasteiger partial charge on any atom is 0.416 e. The highest BCUT2D eigenvalue weighted by atomic mass is 19.4. The number of carbonyl (C=O) groups excluding carboxylic acids is 1. The van der Waals surface area contributed by atoms with Gasteiger partial charge in [-0.05, 0) is 38.0 Å². The van der Waals surface area contributed by atoms with Crippen LogP contribution >= 0.6 is 0 Å². The zero-order chi connectivity index (χ0) is 16.3. The van der Waals surface area contributed by atoms with E-state index in [0.717, 1.165) is 12.1 Å². The molecule has 0 aliphatic carbocycles. The Hall–Kier alpha value is -1.56. The van der Waals surface area contributed by atoms with Crippen LogP contribution in [0, 0.1) is 5.92 Å². The molecular formula is C15H19F3O3. The van der Waals surface area contributed by atoms with Crippen molar-refractivity contribution in [3.63, 3.8) is 0 Å². The van der Waals surface area contributed by atoms with E-state index in [4.69, 9.17) is 4.74 Å². The predicted octanol–water partition coefficient (Wildman–Crippen LogP) is 3.50. The Morgan fingerprint density at radius 2 is 1.67 bits per heavy atom. The van der Waals surface area contributed by atoms with E-state index >= 15 is 0 Å². The first kappa shape index (κ1) is 17.5. The summed E-state index contributed by atoms with van der Waals surface area (Å²) in [6, 6.07) is 4.15. The minimum Gasteiger partial charge on any atom is -0.466 e. The molecule has 21 heavy (non-hydrogen) atoms. The summed E-state index contributed by atoms with van der Waals surface area (Å²) < 4.78 is 42.5. The summed E-state index contributed by atoms with van der Waals surface area (Å²) in [5.74, 6) is -1.40. The molecule has 1 N–H and O–H groups in total. The van der Waals surface area contributed by atoms with Crippen LogP contribution in [-0.2, 0) is 21.3 Å². The molecule has 2 unspecified atom stereocenters. The molecule has 0 heterocycles. The van der Waals surface area contributed by atoms with E-state index in [0.29, 0.717) is 6.42 Å². The smallest absolute Gasteiger partial charge is 0.416 e. The molecule has 0 saturated heterocycles. The third-order valence-electron chi connectivity index (χ3n) is 3.45. The molecule has 1 aromatic rings. The molecule has 1 rings (SSSR count). The first-order valence-electron chi connectivity index (χ1n) is 6.71. The Labute approximate surface area is 121 Å². The van der Waals surface area contributed by atoms with Crippen LogP contribution in [0.4, 0.5) is 13.2 Å².